The molecule has 2 aromatic rings. The van der Waals surface area contributed by atoms with Crippen molar-refractivity contribution in [2.45, 2.75) is 25.5 Å². The first-order valence-electron chi connectivity index (χ1n) is 5.52. The number of hydrogen-bond acceptors (Lipinski definition) is 3. The van der Waals surface area contributed by atoms with Crippen LogP contribution in [0.4, 0.5) is 0 Å². The fourth-order valence-electron chi connectivity index (χ4n) is 2.05. The smallest absolute Gasteiger partial charge is 0.0761 e. The number of rotatable bonds is 4. The van der Waals surface area contributed by atoms with Gasteiger partial charge in [-0.2, -0.15) is 0 Å². The van der Waals surface area contributed by atoms with E-state index in [4.69, 9.17) is 10.5 Å². The zero-order chi connectivity index (χ0) is 11.5. The third-order valence-corrected chi connectivity index (χ3v) is 3.95. The van der Waals surface area contributed by atoms with Crippen LogP contribution in [0, 0.1) is 0 Å². The number of fused-ring (bicyclic) bond motifs is 1. The van der Waals surface area contributed by atoms with Gasteiger partial charge in [0, 0.05) is 11.8 Å². The first-order valence-corrected chi connectivity index (χ1v) is 6.40. The molecule has 1 heterocycles. The molecule has 0 aliphatic heterocycles. The highest BCUT2D eigenvalue weighted by atomic mass is 32.1. The summed E-state index contributed by atoms with van der Waals surface area (Å²) >= 11 is 1.75. The highest BCUT2D eigenvalue weighted by Crippen LogP contribution is 2.30. The maximum atomic E-state index is 6.27. The number of thiophene rings is 1. The summed E-state index contributed by atoms with van der Waals surface area (Å²) in [6.45, 7) is 2.10. The molecule has 0 aliphatic rings. The largest absolute Gasteiger partial charge is 0.379 e. The number of methoxy groups -OCH3 is 1. The van der Waals surface area contributed by atoms with E-state index >= 15 is 0 Å². The van der Waals surface area contributed by atoms with Gasteiger partial charge >= 0.3 is 0 Å². The molecule has 1 aromatic heterocycles. The van der Waals surface area contributed by atoms with E-state index in [0.717, 1.165) is 6.42 Å². The normalized spacial score (nSPS) is 15.2. The van der Waals surface area contributed by atoms with Crippen LogP contribution in [-0.4, -0.2) is 13.2 Å². The van der Waals surface area contributed by atoms with Crippen molar-refractivity contribution in [1.29, 1.82) is 0 Å². The number of hydrogen-bond donors (Lipinski definition) is 1. The number of ether oxygens (including phenoxy) is 1. The van der Waals surface area contributed by atoms with Crippen molar-refractivity contribution in [2.24, 2.45) is 5.73 Å². The summed E-state index contributed by atoms with van der Waals surface area (Å²) in [5.74, 6) is 0. The average molecular weight is 235 g/mol. The van der Waals surface area contributed by atoms with Gasteiger partial charge in [-0.1, -0.05) is 25.1 Å². The van der Waals surface area contributed by atoms with Gasteiger partial charge in [-0.05, 0) is 28.8 Å². The van der Waals surface area contributed by atoms with Crippen molar-refractivity contribution in [3.8, 4) is 0 Å². The Hall–Kier alpha value is -0.900. The molecule has 0 bridgehead atoms. The van der Waals surface area contributed by atoms with E-state index < -0.39 is 0 Å². The van der Waals surface area contributed by atoms with E-state index in [1.165, 1.54) is 15.6 Å². The zero-order valence-corrected chi connectivity index (χ0v) is 10.5. The summed E-state index contributed by atoms with van der Waals surface area (Å²) in [6.07, 6.45) is 1.02. The average Bonchev–Trinajstić information content (AvgIpc) is 2.78. The van der Waals surface area contributed by atoms with Gasteiger partial charge in [-0.15, -0.1) is 11.3 Å². The van der Waals surface area contributed by atoms with Crippen LogP contribution in [0.15, 0.2) is 29.6 Å². The Kier molecular flexibility index (Phi) is 3.59. The Morgan fingerprint density at radius 2 is 2.19 bits per heavy atom. The molecule has 0 radical (unpaired) electrons. The van der Waals surface area contributed by atoms with Gasteiger partial charge in [-0.3, -0.25) is 0 Å². The van der Waals surface area contributed by atoms with E-state index in [2.05, 4.69) is 36.6 Å². The fourth-order valence-corrected chi connectivity index (χ4v) is 3.01. The molecular formula is C13H17NOS. The summed E-state index contributed by atoms with van der Waals surface area (Å²) in [5.41, 5.74) is 7.46. The molecule has 2 atom stereocenters. The van der Waals surface area contributed by atoms with Gasteiger partial charge in [-0.25, -0.2) is 0 Å². The molecular weight excluding hydrogens is 218 g/mol. The van der Waals surface area contributed by atoms with Gasteiger partial charge in [0.2, 0.25) is 0 Å². The molecule has 2 nitrogen and oxygen atoms in total. The Labute approximate surface area is 100 Å². The highest BCUT2D eigenvalue weighted by molar-refractivity contribution is 7.17. The Morgan fingerprint density at radius 3 is 2.88 bits per heavy atom. The molecule has 2 unspecified atom stereocenters. The molecule has 0 amide bonds. The standard InChI is InChI=1S/C13H17NOS/c1-3-11(15-2)12(14)10-6-4-5-9-7-8-16-13(9)10/h4-8,11-12H,3,14H2,1-2H3. The maximum Gasteiger partial charge on any atom is 0.0761 e. The van der Waals surface area contributed by atoms with Crippen LogP contribution in [0.3, 0.4) is 0 Å². The molecule has 2 rings (SSSR count). The van der Waals surface area contributed by atoms with E-state index in [1.807, 2.05) is 0 Å². The summed E-state index contributed by atoms with van der Waals surface area (Å²) in [4.78, 5) is 0. The van der Waals surface area contributed by atoms with Crippen LogP contribution in [0.1, 0.15) is 24.9 Å². The second-order valence-corrected chi connectivity index (χ2v) is 4.81. The molecule has 16 heavy (non-hydrogen) atoms. The van der Waals surface area contributed by atoms with Crippen molar-refractivity contribution in [3.05, 3.63) is 35.2 Å². The van der Waals surface area contributed by atoms with Crippen molar-refractivity contribution in [1.82, 2.24) is 0 Å². The minimum Gasteiger partial charge on any atom is -0.379 e. The lowest BCUT2D eigenvalue weighted by Crippen LogP contribution is -2.27. The van der Waals surface area contributed by atoms with Crippen LogP contribution >= 0.6 is 11.3 Å². The summed E-state index contributed by atoms with van der Waals surface area (Å²) in [6, 6.07) is 8.37. The van der Waals surface area contributed by atoms with Crippen LogP contribution in [0.25, 0.3) is 10.1 Å². The minimum atomic E-state index is -0.0441. The summed E-state index contributed by atoms with van der Waals surface area (Å²) < 4.78 is 6.70. The molecule has 1 aromatic carbocycles. The predicted molar refractivity (Wildman–Crippen MR) is 69.8 cm³/mol. The lowest BCUT2D eigenvalue weighted by molar-refractivity contribution is 0.0776. The topological polar surface area (TPSA) is 35.2 Å². The molecule has 3 heteroatoms. The number of nitrogens with two attached hydrogens (primary N) is 1. The van der Waals surface area contributed by atoms with E-state index in [-0.39, 0.29) is 12.1 Å². The second-order valence-electron chi connectivity index (χ2n) is 3.89. The molecule has 2 N–H and O–H groups in total. The van der Waals surface area contributed by atoms with Crippen molar-refractivity contribution in [2.75, 3.05) is 7.11 Å². The lowest BCUT2D eigenvalue weighted by atomic mass is 9.99. The minimum absolute atomic E-state index is 0.0441. The van der Waals surface area contributed by atoms with Crippen molar-refractivity contribution in [3.63, 3.8) is 0 Å². The predicted octanol–water partition coefficient (Wildman–Crippen LogP) is 3.33. The first kappa shape index (κ1) is 11.6. The van der Waals surface area contributed by atoms with E-state index in [1.54, 1.807) is 18.4 Å². The van der Waals surface area contributed by atoms with Crippen LogP contribution in [-0.2, 0) is 4.74 Å². The first-order chi connectivity index (χ1) is 7.77. The third-order valence-electron chi connectivity index (χ3n) is 2.97. The third kappa shape index (κ3) is 1.98. The van der Waals surface area contributed by atoms with Gasteiger partial charge < -0.3 is 10.5 Å². The highest BCUT2D eigenvalue weighted by Gasteiger charge is 2.19. The van der Waals surface area contributed by atoms with E-state index in [0.29, 0.717) is 0 Å². The molecule has 0 aliphatic carbocycles. The second kappa shape index (κ2) is 4.95. The zero-order valence-electron chi connectivity index (χ0n) is 9.64. The molecule has 0 saturated heterocycles. The van der Waals surface area contributed by atoms with E-state index in [9.17, 15) is 0 Å². The molecule has 0 fully saturated rings. The molecule has 86 valence electrons. The Morgan fingerprint density at radius 1 is 1.38 bits per heavy atom. The lowest BCUT2D eigenvalue weighted by Gasteiger charge is -2.22. The SMILES string of the molecule is CCC(OC)C(N)c1cccc2ccsc12. The Bertz CT molecular complexity index is 462. The maximum absolute atomic E-state index is 6.27. The number of benzene rings is 1. The Balaban J connectivity index is 2.42. The van der Waals surface area contributed by atoms with Gasteiger partial charge in [0.25, 0.3) is 0 Å². The van der Waals surface area contributed by atoms with Crippen LogP contribution in [0.2, 0.25) is 0 Å². The van der Waals surface area contributed by atoms with Crippen molar-refractivity contribution < 1.29 is 4.74 Å². The quantitative estimate of drug-likeness (QED) is 0.882. The molecule has 0 spiro atoms. The van der Waals surface area contributed by atoms with Crippen LogP contribution in [0.5, 0.6) is 0 Å². The van der Waals surface area contributed by atoms with Crippen molar-refractivity contribution >= 4 is 21.4 Å². The molecule has 0 saturated carbocycles. The van der Waals surface area contributed by atoms with Gasteiger partial charge in [0.1, 0.15) is 0 Å². The summed E-state index contributed by atoms with van der Waals surface area (Å²) in [7, 11) is 1.72. The fraction of sp³-hybridized carbons (Fsp3) is 0.385. The van der Waals surface area contributed by atoms with Crippen LogP contribution < -0.4 is 5.73 Å². The van der Waals surface area contributed by atoms with Gasteiger partial charge in [0.05, 0.1) is 12.1 Å². The summed E-state index contributed by atoms with van der Waals surface area (Å²) in [5, 5.41) is 3.37. The monoisotopic (exact) mass is 235 g/mol. The van der Waals surface area contributed by atoms with Gasteiger partial charge in [0.15, 0.2) is 0 Å².